The minimum Gasteiger partial charge on any atom is -0.400 e. The zero-order chi connectivity index (χ0) is 29.3. The predicted octanol–water partition coefficient (Wildman–Crippen LogP) is 4.59. The van der Waals surface area contributed by atoms with E-state index in [2.05, 4.69) is 46.2 Å². The summed E-state index contributed by atoms with van der Waals surface area (Å²) in [7, 11) is 1.00. The van der Waals surface area contributed by atoms with Crippen molar-refractivity contribution < 1.29 is 31.8 Å². The molecule has 2 fully saturated rings. The van der Waals surface area contributed by atoms with Gasteiger partial charge in [0.25, 0.3) is 0 Å². The van der Waals surface area contributed by atoms with Crippen LogP contribution in [-0.2, 0) is 42.7 Å². The summed E-state index contributed by atoms with van der Waals surface area (Å²) < 4.78 is 0. The number of nitrogens with zero attached hydrogens (tertiary/aromatic N) is 6. The van der Waals surface area contributed by atoms with E-state index >= 15 is 0 Å². The summed E-state index contributed by atoms with van der Waals surface area (Å²) in [6.45, 7) is 3.75. The molecule has 3 aliphatic rings. The quantitative estimate of drug-likeness (QED) is 0.282. The second-order valence-electron chi connectivity index (χ2n) is 10.1. The molecule has 5 rings (SSSR count). The fourth-order valence-electron chi connectivity index (χ4n) is 5.76. The topological polar surface area (TPSA) is 185 Å². The summed E-state index contributed by atoms with van der Waals surface area (Å²) in [5.41, 5.74) is 4.88. The normalized spacial score (nSPS) is 18.1. The molecule has 2 aliphatic carbocycles. The van der Waals surface area contributed by atoms with E-state index in [1.807, 2.05) is 0 Å². The molecule has 0 spiro atoms. The maximum Gasteiger partial charge on any atom is 2.00 e. The van der Waals surface area contributed by atoms with Crippen molar-refractivity contribution in [2.45, 2.75) is 102 Å². The Morgan fingerprint density at radius 3 is 1.10 bits per heavy atom. The van der Waals surface area contributed by atoms with Gasteiger partial charge in [0.05, 0.1) is 32.9 Å². The number of pyridine rings is 2. The van der Waals surface area contributed by atoms with Gasteiger partial charge in [0, 0.05) is 45.4 Å². The van der Waals surface area contributed by atoms with Crippen LogP contribution in [0.5, 0.6) is 0 Å². The molecule has 2 aromatic rings. The fraction of sp³-hybridized carbons (Fsp3) is 0.630. The van der Waals surface area contributed by atoms with E-state index in [9.17, 15) is 0 Å². The monoisotopic (exact) mass is 618 g/mol. The molecule has 1 aliphatic heterocycles. The average molecular weight is 619 g/mol. The number of hydrogen-bond acceptors (Lipinski definition) is 11. The first-order valence-electron chi connectivity index (χ1n) is 13.8. The molecule has 1 N–H and O–H groups in total. The molecule has 41 heavy (non-hydrogen) atoms. The molecule has 0 unspecified atom stereocenters. The molecule has 2 saturated carbocycles. The van der Waals surface area contributed by atoms with Crippen LogP contribution in [-0.4, -0.2) is 54.2 Å². The Kier molecular flexibility index (Phi) is 17.6. The van der Waals surface area contributed by atoms with Crippen LogP contribution in [0.25, 0.3) is 0 Å². The molecule has 13 nitrogen and oxygen atoms in total. The van der Waals surface area contributed by atoms with Gasteiger partial charge in [-0.25, -0.2) is 0 Å². The Morgan fingerprint density at radius 2 is 0.854 bits per heavy atom. The van der Waals surface area contributed by atoms with E-state index < -0.39 is 10.2 Å². The number of hydrogen-bond donors (Lipinski definition) is 1. The molecular formula is C27H40N6NiO7. The van der Waals surface area contributed by atoms with Crippen LogP contribution >= 0.6 is 0 Å². The molecule has 14 heteroatoms. The van der Waals surface area contributed by atoms with Crippen LogP contribution in [0.4, 0.5) is 0 Å². The smallest absolute Gasteiger partial charge is 0.400 e. The zero-order valence-electron chi connectivity index (χ0n) is 23.4. The van der Waals surface area contributed by atoms with Crippen LogP contribution in [0, 0.1) is 30.6 Å². The second kappa shape index (κ2) is 20.0. The van der Waals surface area contributed by atoms with Gasteiger partial charge in [0.15, 0.2) is 0 Å². The van der Waals surface area contributed by atoms with Crippen molar-refractivity contribution >= 4 is 0 Å². The van der Waals surface area contributed by atoms with E-state index in [0.29, 0.717) is 12.1 Å². The van der Waals surface area contributed by atoms with Gasteiger partial charge in [0.2, 0.25) is 0 Å². The molecule has 0 aromatic carbocycles. The van der Waals surface area contributed by atoms with Gasteiger partial charge >= 0.3 is 16.5 Å². The molecule has 0 amide bonds. The Bertz CT molecular complexity index is 907. The summed E-state index contributed by atoms with van der Waals surface area (Å²) in [6, 6.07) is 14.7. The van der Waals surface area contributed by atoms with Gasteiger partial charge in [0.1, 0.15) is 0 Å². The third-order valence-corrected chi connectivity index (χ3v) is 7.37. The third kappa shape index (κ3) is 14.0. The molecular weight excluding hydrogens is 579 g/mol. The molecule has 4 bridgehead atoms. The van der Waals surface area contributed by atoms with Crippen molar-refractivity contribution in [1.82, 2.24) is 19.8 Å². The van der Waals surface area contributed by atoms with Crippen LogP contribution in [0.2, 0.25) is 0 Å². The van der Waals surface area contributed by atoms with E-state index in [-0.39, 0.29) is 16.5 Å². The van der Waals surface area contributed by atoms with Crippen LogP contribution in [0.1, 0.15) is 87.0 Å². The van der Waals surface area contributed by atoms with Gasteiger partial charge in [-0.3, -0.25) is 19.8 Å². The zero-order valence-corrected chi connectivity index (χ0v) is 24.4. The van der Waals surface area contributed by atoms with Crippen molar-refractivity contribution in [2.75, 3.05) is 7.11 Å². The van der Waals surface area contributed by atoms with Crippen molar-refractivity contribution in [3.63, 3.8) is 0 Å². The summed E-state index contributed by atoms with van der Waals surface area (Å²) >= 11 is 0. The SMILES string of the molecule is CO.O=[N+]([O-])[O-].O=[N+]([O-])[O-].[Ni+2].c1cc2nc(c1)CN(C1CCCCC1)Cc1cccc(n1)CN(C1CCCCC1)C2. The Labute approximate surface area is 250 Å². The fourth-order valence-corrected chi connectivity index (χ4v) is 5.76. The first-order valence-corrected chi connectivity index (χ1v) is 13.8. The van der Waals surface area contributed by atoms with Gasteiger partial charge < -0.3 is 35.7 Å². The Balaban J connectivity index is 0.000000672. The van der Waals surface area contributed by atoms with Crippen LogP contribution < -0.4 is 0 Å². The minimum atomic E-state index is -1.75. The summed E-state index contributed by atoms with van der Waals surface area (Å²) in [6.07, 6.45) is 13.5. The molecule has 0 atom stereocenters. The van der Waals surface area contributed by atoms with Gasteiger partial charge in [-0.1, -0.05) is 50.7 Å². The van der Waals surface area contributed by atoms with Crippen molar-refractivity contribution in [3.05, 3.63) is 89.8 Å². The van der Waals surface area contributed by atoms with Gasteiger partial charge in [-0.2, -0.15) is 0 Å². The first-order chi connectivity index (χ1) is 19.3. The maximum atomic E-state index is 8.25. The van der Waals surface area contributed by atoms with Crippen molar-refractivity contribution in [1.29, 1.82) is 0 Å². The minimum absolute atomic E-state index is 0. The summed E-state index contributed by atoms with van der Waals surface area (Å²) in [5, 5.41) is 36.5. The second-order valence-corrected chi connectivity index (χ2v) is 10.1. The maximum absolute atomic E-state index is 8.25. The van der Waals surface area contributed by atoms with Gasteiger partial charge in [-0.15, -0.1) is 0 Å². The molecule has 0 radical (unpaired) electrons. The number of aromatic nitrogens is 2. The van der Waals surface area contributed by atoms with E-state index in [1.165, 1.54) is 87.0 Å². The van der Waals surface area contributed by atoms with Crippen molar-refractivity contribution in [2.24, 2.45) is 0 Å². The van der Waals surface area contributed by atoms with Crippen LogP contribution in [0.15, 0.2) is 36.4 Å². The average Bonchev–Trinajstić information content (AvgIpc) is 2.94. The predicted molar refractivity (Wildman–Crippen MR) is 150 cm³/mol. The van der Waals surface area contributed by atoms with Gasteiger partial charge in [-0.05, 0) is 49.9 Å². The molecule has 3 heterocycles. The van der Waals surface area contributed by atoms with Crippen molar-refractivity contribution in [3.8, 4) is 0 Å². The third-order valence-electron chi connectivity index (χ3n) is 7.37. The van der Waals surface area contributed by atoms with E-state index in [4.69, 9.17) is 45.7 Å². The number of fused-ring (bicyclic) bond motifs is 4. The largest absolute Gasteiger partial charge is 2.00 e. The number of rotatable bonds is 2. The number of aliphatic hydroxyl groups is 1. The van der Waals surface area contributed by atoms with Crippen LogP contribution in [0.3, 0.4) is 0 Å². The summed E-state index contributed by atoms with van der Waals surface area (Å²) in [4.78, 5) is 32.1. The summed E-state index contributed by atoms with van der Waals surface area (Å²) in [5.74, 6) is 0. The van der Waals surface area contributed by atoms with E-state index in [1.54, 1.807) is 0 Å². The molecule has 2 aromatic heterocycles. The Hall–Kier alpha value is -2.93. The molecule has 230 valence electrons. The first kappa shape index (κ1) is 36.1. The standard InChI is InChI=1S/C26H36N4.CH4O.2NO3.Ni/c1-3-13-25(14-4-1)29-17-21-9-7-11-23(27-21)19-30(26-15-5-2-6-16-26)20-24-12-8-10-22(18-29)28-24;1-2;2*2-1(3)4;/h7-12,25-26H,1-6,13-20H2;2H,1H3;;;/q;;2*-1;+2. The molecule has 0 saturated heterocycles. The Morgan fingerprint density at radius 1 is 0.610 bits per heavy atom. The van der Waals surface area contributed by atoms with E-state index in [0.717, 1.165) is 33.3 Å². The number of aliphatic hydroxyl groups excluding tert-OH is 1.